The van der Waals surface area contributed by atoms with Crippen LogP contribution >= 0.6 is 15.9 Å². The van der Waals surface area contributed by atoms with E-state index in [9.17, 15) is 0 Å². The highest BCUT2D eigenvalue weighted by Crippen LogP contribution is 2.26. The number of anilines is 1. The molecule has 3 nitrogen and oxygen atoms in total. The molecule has 0 unspecified atom stereocenters. The van der Waals surface area contributed by atoms with E-state index >= 15 is 0 Å². The number of rotatable bonds is 4. The average molecular weight is 282 g/mol. The molecule has 0 saturated heterocycles. The lowest BCUT2D eigenvalue weighted by atomic mass is 10.2. The Kier molecular flexibility index (Phi) is 4.78. The molecule has 1 rings (SSSR count). The normalized spacial score (nSPS) is 10.2. The number of likely N-dealkylation sites (N-methyl/N-ethyl adjacent to an activating group) is 2. The topological polar surface area (TPSA) is 30.3 Å². The van der Waals surface area contributed by atoms with Gasteiger partial charge in [0.2, 0.25) is 0 Å². The second-order valence-corrected chi connectivity index (χ2v) is 4.82. The van der Waals surface area contributed by atoms with E-state index in [1.165, 1.54) is 0 Å². The standard InChI is InChI=1S/C12H16BrN3/c1-15(2)7-8-16(3)12-6-4-5-11(13)10(12)9-14/h4-6H,7-8H2,1-3H3. The molecule has 0 atom stereocenters. The van der Waals surface area contributed by atoms with Crippen LogP contribution < -0.4 is 4.90 Å². The van der Waals surface area contributed by atoms with Gasteiger partial charge in [-0.3, -0.25) is 0 Å². The van der Waals surface area contributed by atoms with Crippen LogP contribution in [0, 0.1) is 11.3 Å². The first kappa shape index (κ1) is 13.0. The fraction of sp³-hybridized carbons (Fsp3) is 0.417. The second kappa shape index (κ2) is 5.88. The van der Waals surface area contributed by atoms with Crippen molar-refractivity contribution in [2.75, 3.05) is 39.1 Å². The van der Waals surface area contributed by atoms with Crippen molar-refractivity contribution in [2.45, 2.75) is 0 Å². The fourth-order valence-corrected chi connectivity index (χ4v) is 1.86. The van der Waals surface area contributed by atoms with Gasteiger partial charge in [0.15, 0.2) is 0 Å². The number of hydrogen-bond acceptors (Lipinski definition) is 3. The molecule has 1 aromatic carbocycles. The second-order valence-electron chi connectivity index (χ2n) is 3.97. The van der Waals surface area contributed by atoms with Crippen LogP contribution in [0.15, 0.2) is 22.7 Å². The van der Waals surface area contributed by atoms with E-state index in [1.807, 2.05) is 39.3 Å². The minimum Gasteiger partial charge on any atom is -0.372 e. The molecule has 86 valence electrons. The summed E-state index contributed by atoms with van der Waals surface area (Å²) in [6, 6.07) is 8.04. The van der Waals surface area contributed by atoms with Crippen LogP contribution in [0.4, 0.5) is 5.69 Å². The summed E-state index contributed by atoms with van der Waals surface area (Å²) in [5, 5.41) is 9.11. The SMILES string of the molecule is CN(C)CCN(C)c1cccc(Br)c1C#N. The molecular weight excluding hydrogens is 266 g/mol. The first-order chi connectivity index (χ1) is 7.56. The summed E-state index contributed by atoms with van der Waals surface area (Å²) >= 11 is 3.40. The molecule has 4 heteroatoms. The van der Waals surface area contributed by atoms with E-state index < -0.39 is 0 Å². The summed E-state index contributed by atoms with van der Waals surface area (Å²) < 4.78 is 0.851. The van der Waals surface area contributed by atoms with Crippen molar-refractivity contribution in [3.05, 3.63) is 28.2 Å². The van der Waals surface area contributed by atoms with Crippen molar-refractivity contribution in [3.63, 3.8) is 0 Å². The van der Waals surface area contributed by atoms with Gasteiger partial charge < -0.3 is 9.80 Å². The molecule has 0 amide bonds. The molecule has 0 heterocycles. The average Bonchev–Trinajstić information content (AvgIpc) is 2.25. The largest absolute Gasteiger partial charge is 0.372 e. The molecule has 0 bridgehead atoms. The molecule has 0 N–H and O–H groups in total. The van der Waals surface area contributed by atoms with Gasteiger partial charge in [-0.25, -0.2) is 0 Å². The Morgan fingerprint density at radius 3 is 2.50 bits per heavy atom. The van der Waals surface area contributed by atoms with Gasteiger partial charge in [0.25, 0.3) is 0 Å². The van der Waals surface area contributed by atoms with Gasteiger partial charge in [-0.1, -0.05) is 6.07 Å². The zero-order chi connectivity index (χ0) is 12.1. The van der Waals surface area contributed by atoms with E-state index in [1.54, 1.807) is 0 Å². The first-order valence-electron chi connectivity index (χ1n) is 5.10. The van der Waals surface area contributed by atoms with Crippen molar-refractivity contribution in [1.82, 2.24) is 4.90 Å². The zero-order valence-corrected chi connectivity index (χ0v) is 11.5. The highest BCUT2D eigenvalue weighted by atomic mass is 79.9. The first-order valence-corrected chi connectivity index (χ1v) is 5.90. The molecule has 0 aliphatic rings. The van der Waals surface area contributed by atoms with Crippen LogP contribution in [-0.2, 0) is 0 Å². The molecule has 0 aliphatic carbocycles. The van der Waals surface area contributed by atoms with Gasteiger partial charge in [0.1, 0.15) is 6.07 Å². The summed E-state index contributed by atoms with van der Waals surface area (Å²) in [7, 11) is 6.09. The van der Waals surface area contributed by atoms with E-state index in [4.69, 9.17) is 5.26 Å². The Morgan fingerprint density at radius 2 is 1.94 bits per heavy atom. The van der Waals surface area contributed by atoms with Gasteiger partial charge in [-0.15, -0.1) is 0 Å². The van der Waals surface area contributed by atoms with Gasteiger partial charge >= 0.3 is 0 Å². The minimum atomic E-state index is 0.698. The molecule has 0 radical (unpaired) electrons. The lowest BCUT2D eigenvalue weighted by Crippen LogP contribution is -2.28. The number of nitriles is 1. The predicted molar refractivity (Wildman–Crippen MR) is 70.7 cm³/mol. The van der Waals surface area contributed by atoms with Crippen LogP contribution in [0.1, 0.15) is 5.56 Å². The van der Waals surface area contributed by atoms with E-state index in [0.29, 0.717) is 5.56 Å². The van der Waals surface area contributed by atoms with Crippen LogP contribution in [0.25, 0.3) is 0 Å². The maximum atomic E-state index is 9.11. The summed E-state index contributed by atoms with van der Waals surface area (Å²) in [6.07, 6.45) is 0. The summed E-state index contributed by atoms with van der Waals surface area (Å²) in [6.45, 7) is 1.87. The summed E-state index contributed by atoms with van der Waals surface area (Å²) in [4.78, 5) is 4.23. The van der Waals surface area contributed by atoms with Crippen molar-refractivity contribution in [3.8, 4) is 6.07 Å². The Bertz CT molecular complexity index is 396. The maximum absolute atomic E-state index is 9.11. The van der Waals surface area contributed by atoms with Gasteiger partial charge in [-0.2, -0.15) is 5.26 Å². The van der Waals surface area contributed by atoms with Crippen molar-refractivity contribution < 1.29 is 0 Å². The molecule has 16 heavy (non-hydrogen) atoms. The number of nitrogens with zero attached hydrogens (tertiary/aromatic N) is 3. The maximum Gasteiger partial charge on any atom is 0.103 e. The highest BCUT2D eigenvalue weighted by Gasteiger charge is 2.09. The van der Waals surface area contributed by atoms with Crippen molar-refractivity contribution in [1.29, 1.82) is 5.26 Å². The fourth-order valence-electron chi connectivity index (χ4n) is 1.41. The minimum absolute atomic E-state index is 0.698. The van der Waals surface area contributed by atoms with E-state index in [0.717, 1.165) is 23.2 Å². The Balaban J connectivity index is 2.87. The van der Waals surface area contributed by atoms with Crippen LogP contribution in [-0.4, -0.2) is 39.1 Å². The summed E-state index contributed by atoms with van der Waals surface area (Å²) in [5.74, 6) is 0. The third-order valence-corrected chi connectivity index (χ3v) is 3.06. The predicted octanol–water partition coefficient (Wildman–Crippen LogP) is 2.32. The molecular formula is C12H16BrN3. The molecule has 0 fully saturated rings. The third-order valence-electron chi connectivity index (χ3n) is 2.40. The van der Waals surface area contributed by atoms with Gasteiger partial charge in [-0.05, 0) is 42.2 Å². The Hall–Kier alpha value is -1.05. The van der Waals surface area contributed by atoms with E-state index in [-0.39, 0.29) is 0 Å². The quantitative estimate of drug-likeness (QED) is 0.849. The molecule has 0 spiro atoms. The molecule has 1 aromatic rings. The van der Waals surface area contributed by atoms with Crippen molar-refractivity contribution in [2.24, 2.45) is 0 Å². The highest BCUT2D eigenvalue weighted by molar-refractivity contribution is 9.10. The Morgan fingerprint density at radius 1 is 1.25 bits per heavy atom. The lowest BCUT2D eigenvalue weighted by molar-refractivity contribution is 0.416. The zero-order valence-electron chi connectivity index (χ0n) is 9.87. The van der Waals surface area contributed by atoms with E-state index in [2.05, 4.69) is 31.8 Å². The monoisotopic (exact) mass is 281 g/mol. The van der Waals surface area contributed by atoms with Crippen LogP contribution in [0.2, 0.25) is 0 Å². The van der Waals surface area contributed by atoms with Crippen LogP contribution in [0.5, 0.6) is 0 Å². The number of halogens is 1. The van der Waals surface area contributed by atoms with Crippen LogP contribution in [0.3, 0.4) is 0 Å². The number of hydrogen-bond donors (Lipinski definition) is 0. The Labute approximate surface area is 105 Å². The lowest BCUT2D eigenvalue weighted by Gasteiger charge is -2.22. The molecule has 0 aliphatic heterocycles. The third kappa shape index (κ3) is 3.22. The van der Waals surface area contributed by atoms with Crippen molar-refractivity contribution >= 4 is 21.6 Å². The smallest absolute Gasteiger partial charge is 0.103 e. The van der Waals surface area contributed by atoms with Gasteiger partial charge in [0.05, 0.1) is 11.3 Å². The molecule has 0 aromatic heterocycles. The number of benzene rings is 1. The molecule has 0 saturated carbocycles. The van der Waals surface area contributed by atoms with Gasteiger partial charge in [0, 0.05) is 24.6 Å². The summed E-state index contributed by atoms with van der Waals surface area (Å²) in [5.41, 5.74) is 1.67.